The summed E-state index contributed by atoms with van der Waals surface area (Å²) in [5.74, 6) is 1.13. The number of nitro benzene ring substituents is 1. The van der Waals surface area contributed by atoms with Crippen LogP contribution in [-0.2, 0) is 13.0 Å². The molecule has 0 fully saturated rings. The summed E-state index contributed by atoms with van der Waals surface area (Å²) in [6, 6.07) is 5.83. The molecule has 0 unspecified atom stereocenters. The molecule has 0 saturated carbocycles. The van der Waals surface area contributed by atoms with Crippen molar-refractivity contribution >= 4 is 33.6 Å². The van der Waals surface area contributed by atoms with E-state index in [9.17, 15) is 10.1 Å². The van der Waals surface area contributed by atoms with E-state index < -0.39 is 0 Å². The molecule has 2 aliphatic heterocycles. The minimum atomic E-state index is -0.315. The normalized spacial score (nSPS) is 20.6. The fourth-order valence-electron chi connectivity index (χ4n) is 2.54. The monoisotopic (exact) mass is 408 g/mol. The Morgan fingerprint density at radius 2 is 2.26 bits per heavy atom. The molecule has 0 N–H and O–H groups in total. The van der Waals surface area contributed by atoms with Crippen LogP contribution in [-0.4, -0.2) is 31.9 Å². The molecule has 1 aromatic rings. The van der Waals surface area contributed by atoms with E-state index in [1.807, 2.05) is 17.8 Å². The molecule has 7 heteroatoms. The molecular weight excluding hydrogens is 395 g/mol. The predicted octanol–water partition coefficient (Wildman–Crippen LogP) is -0.498. The molecule has 0 bridgehead atoms. The molecule has 1 aromatic carbocycles. The Morgan fingerprint density at radius 1 is 1.47 bits per heavy atom. The maximum atomic E-state index is 10.8. The van der Waals surface area contributed by atoms with Gasteiger partial charge in [0, 0.05) is 24.1 Å². The molecule has 0 radical (unpaired) electrons. The molecule has 0 saturated heterocycles. The summed E-state index contributed by atoms with van der Waals surface area (Å²) in [5, 5.41) is 10.8. The number of rotatable bonds is 1. The highest BCUT2D eigenvalue weighted by Gasteiger charge is 2.38. The summed E-state index contributed by atoms with van der Waals surface area (Å²) in [6.45, 7) is 0.810. The van der Waals surface area contributed by atoms with Gasteiger partial charge in [-0.3, -0.25) is 10.1 Å². The largest absolute Gasteiger partial charge is 1.00 e. The molecule has 3 rings (SSSR count). The first-order valence-electron chi connectivity index (χ1n) is 5.75. The van der Waals surface area contributed by atoms with Crippen molar-refractivity contribution in [2.45, 2.75) is 19.0 Å². The zero-order chi connectivity index (χ0) is 12.7. The number of hydrogen-bond donors (Lipinski definition) is 0. The second-order valence-corrected chi connectivity index (χ2v) is 6.54. The number of benzene rings is 1. The second-order valence-electron chi connectivity index (χ2n) is 4.48. The van der Waals surface area contributed by atoms with Gasteiger partial charge < -0.3 is 24.0 Å². The van der Waals surface area contributed by atoms with E-state index in [2.05, 4.69) is 10.8 Å². The maximum Gasteiger partial charge on any atom is 0.270 e. The maximum absolute atomic E-state index is 10.8. The lowest BCUT2D eigenvalue weighted by atomic mass is 9.95. The zero-order valence-corrected chi connectivity index (χ0v) is 14.1. The lowest BCUT2D eigenvalue weighted by Gasteiger charge is -2.19. The van der Waals surface area contributed by atoms with Crippen LogP contribution in [0.25, 0.3) is 0 Å². The first-order chi connectivity index (χ1) is 8.69. The molecule has 2 aliphatic rings. The summed E-state index contributed by atoms with van der Waals surface area (Å²) in [4.78, 5) is 10.5. The van der Waals surface area contributed by atoms with Crippen molar-refractivity contribution in [3.8, 4) is 0 Å². The molecule has 102 valence electrons. The number of hydrogen-bond acceptors (Lipinski definition) is 4. The Labute approximate surface area is 137 Å². The molecule has 0 spiro atoms. The van der Waals surface area contributed by atoms with Gasteiger partial charge in [-0.15, -0.1) is 0 Å². The van der Waals surface area contributed by atoms with Gasteiger partial charge in [0.2, 0.25) is 0 Å². The first kappa shape index (κ1) is 15.1. The number of nitro groups is 1. The number of nitrogens with zero attached hydrogens (tertiary/aromatic N) is 2. The zero-order valence-electron chi connectivity index (χ0n) is 10.3. The smallest absolute Gasteiger partial charge is 0.270 e. The van der Waals surface area contributed by atoms with Crippen LogP contribution in [0.4, 0.5) is 5.69 Å². The van der Waals surface area contributed by atoms with Gasteiger partial charge in [0.25, 0.3) is 10.1 Å². The van der Waals surface area contributed by atoms with Crippen LogP contribution >= 0.6 is 23.5 Å². The van der Waals surface area contributed by atoms with Crippen LogP contribution in [0, 0.1) is 10.1 Å². The van der Waals surface area contributed by atoms with Crippen LogP contribution in [0.1, 0.15) is 11.1 Å². The lowest BCUT2D eigenvalue weighted by molar-refractivity contribution is -0.572. The van der Waals surface area contributed by atoms with Gasteiger partial charge in [0.15, 0.2) is 12.6 Å². The minimum Gasteiger partial charge on any atom is -1.00 e. The van der Waals surface area contributed by atoms with E-state index in [1.165, 1.54) is 9.94 Å². The fraction of sp³-hybridized carbons (Fsp3) is 0.417. The second kappa shape index (κ2) is 6.01. The molecule has 4 nitrogen and oxygen atoms in total. The predicted molar refractivity (Wildman–Crippen MR) is 75.5 cm³/mol. The molecular formula is C12H13IN2O2S2. The van der Waals surface area contributed by atoms with E-state index in [0.717, 1.165) is 24.3 Å². The van der Waals surface area contributed by atoms with E-state index in [0.29, 0.717) is 6.04 Å². The summed E-state index contributed by atoms with van der Waals surface area (Å²) in [5.41, 5.74) is 2.57. The van der Waals surface area contributed by atoms with Crippen LogP contribution in [0.2, 0.25) is 0 Å². The van der Waals surface area contributed by atoms with Crippen molar-refractivity contribution in [1.82, 2.24) is 0 Å². The van der Waals surface area contributed by atoms with Crippen molar-refractivity contribution in [3.63, 3.8) is 0 Å². The standard InChI is InChI=1S/C12H13N2O2S2.HI/c1-17-12-13-6-9-5-10(14(15)16)3-2-8(9)4-11(13)7-18-12;/h2-3,5,11H,4,6-7H2,1H3;1H/q+1;/p-1/t11-;/m0./s1. The summed E-state index contributed by atoms with van der Waals surface area (Å²) < 4.78 is 3.73. The van der Waals surface area contributed by atoms with Crippen LogP contribution in [0.3, 0.4) is 0 Å². The van der Waals surface area contributed by atoms with Crippen molar-refractivity contribution in [2.24, 2.45) is 0 Å². The Morgan fingerprint density at radius 3 is 2.95 bits per heavy atom. The van der Waals surface area contributed by atoms with Gasteiger partial charge in [0.05, 0.1) is 10.7 Å². The van der Waals surface area contributed by atoms with E-state index >= 15 is 0 Å². The van der Waals surface area contributed by atoms with Gasteiger partial charge in [-0.2, -0.15) is 0 Å². The van der Waals surface area contributed by atoms with Crippen molar-refractivity contribution < 1.29 is 33.5 Å². The van der Waals surface area contributed by atoms with E-state index in [-0.39, 0.29) is 34.6 Å². The van der Waals surface area contributed by atoms with Gasteiger partial charge in [0.1, 0.15) is 0 Å². The lowest BCUT2D eigenvalue weighted by Crippen LogP contribution is -3.00. The van der Waals surface area contributed by atoms with E-state index in [1.54, 1.807) is 23.9 Å². The molecule has 0 aromatic heterocycles. The summed E-state index contributed by atoms with van der Waals surface area (Å²) in [7, 11) is 0. The third-order valence-electron chi connectivity index (χ3n) is 3.45. The Bertz CT molecular complexity index is 563. The summed E-state index contributed by atoms with van der Waals surface area (Å²) >= 11 is 3.68. The third-order valence-corrected chi connectivity index (χ3v) is 5.92. The van der Waals surface area contributed by atoms with Gasteiger partial charge in [-0.25, -0.2) is 4.58 Å². The number of non-ortho nitro benzene ring substituents is 1. The minimum absolute atomic E-state index is 0. The number of thioether (sulfide) groups is 2. The SMILES string of the molecule is CSC1=[N+]2Cc3cc([N+](=O)[O-])ccc3C[C@H]2CS1.[I-]. The highest BCUT2D eigenvalue weighted by Crippen LogP contribution is 2.33. The van der Waals surface area contributed by atoms with Gasteiger partial charge in [-0.1, -0.05) is 17.8 Å². The average Bonchev–Trinajstić information content (AvgIpc) is 2.77. The van der Waals surface area contributed by atoms with Crippen molar-refractivity contribution in [1.29, 1.82) is 0 Å². The number of fused-ring (bicyclic) bond motifs is 2. The van der Waals surface area contributed by atoms with Crippen molar-refractivity contribution in [2.75, 3.05) is 12.0 Å². The molecule has 19 heavy (non-hydrogen) atoms. The Kier molecular flexibility index (Phi) is 4.78. The highest BCUT2D eigenvalue weighted by atomic mass is 127. The molecule has 1 atom stereocenters. The summed E-state index contributed by atoms with van der Waals surface area (Å²) in [6.07, 6.45) is 3.10. The van der Waals surface area contributed by atoms with Crippen LogP contribution in [0.5, 0.6) is 0 Å². The first-order valence-corrected chi connectivity index (χ1v) is 7.96. The van der Waals surface area contributed by atoms with Crippen LogP contribution in [0.15, 0.2) is 18.2 Å². The van der Waals surface area contributed by atoms with E-state index in [4.69, 9.17) is 0 Å². The Hall–Kier alpha value is -0.280. The Balaban J connectivity index is 0.00000133. The van der Waals surface area contributed by atoms with Crippen LogP contribution < -0.4 is 24.0 Å². The highest BCUT2D eigenvalue weighted by molar-refractivity contribution is 8.38. The quantitative estimate of drug-likeness (QED) is 0.272. The van der Waals surface area contributed by atoms with Gasteiger partial charge >= 0.3 is 0 Å². The van der Waals surface area contributed by atoms with Gasteiger partial charge in [-0.05, 0) is 23.6 Å². The topological polar surface area (TPSA) is 46.1 Å². The molecule has 0 aliphatic carbocycles. The third kappa shape index (κ3) is 2.78. The van der Waals surface area contributed by atoms with Crippen molar-refractivity contribution in [3.05, 3.63) is 39.4 Å². The molecule has 2 heterocycles. The fourth-order valence-corrected chi connectivity index (χ4v) is 4.67. The molecule has 0 amide bonds. The average molecular weight is 408 g/mol. The number of halogens is 1.